The average molecular weight is 236 g/mol. The topological polar surface area (TPSA) is 41.6 Å². The zero-order valence-corrected chi connectivity index (χ0v) is 11.1. The molecular formula is C13H20N2O2. The number of amides is 2. The van der Waals surface area contributed by atoms with Crippen LogP contribution in [0.2, 0.25) is 0 Å². The third-order valence-corrected chi connectivity index (χ3v) is 2.86. The molecule has 1 N–H and O–H groups in total. The van der Waals surface area contributed by atoms with Crippen LogP contribution in [0.3, 0.4) is 0 Å². The van der Waals surface area contributed by atoms with Gasteiger partial charge in [0.15, 0.2) is 0 Å². The molecule has 0 aliphatic carbocycles. The van der Waals surface area contributed by atoms with Gasteiger partial charge in [0.25, 0.3) is 0 Å². The Balaban J connectivity index is 2.97. The first-order chi connectivity index (χ1) is 7.99. The minimum atomic E-state index is -0.106. The quantitative estimate of drug-likeness (QED) is 0.873. The van der Waals surface area contributed by atoms with Crippen LogP contribution in [0.25, 0.3) is 0 Å². The summed E-state index contributed by atoms with van der Waals surface area (Å²) < 4.78 is 5.34. The molecule has 0 saturated carbocycles. The highest BCUT2D eigenvalue weighted by atomic mass is 16.5. The van der Waals surface area contributed by atoms with Gasteiger partial charge in [-0.1, -0.05) is 6.07 Å². The van der Waals surface area contributed by atoms with Gasteiger partial charge in [-0.15, -0.1) is 0 Å². The highest BCUT2D eigenvalue weighted by Crippen LogP contribution is 2.24. The smallest absolute Gasteiger partial charge is 0.317 e. The second-order valence-electron chi connectivity index (χ2n) is 4.16. The minimum Gasteiger partial charge on any atom is -0.496 e. The fourth-order valence-electron chi connectivity index (χ4n) is 1.68. The van der Waals surface area contributed by atoms with E-state index in [1.54, 1.807) is 26.1 Å². The Morgan fingerprint density at radius 2 is 1.94 bits per heavy atom. The standard InChI is InChI=1S/C13H20N2O2/c1-9-6-11(8-15(4)13(16)14-3)12(17-5)7-10(9)2/h6-7H,8H2,1-5H3,(H,14,16). The summed E-state index contributed by atoms with van der Waals surface area (Å²) in [4.78, 5) is 13.1. The maximum absolute atomic E-state index is 11.4. The molecular weight excluding hydrogens is 216 g/mol. The molecule has 1 rings (SSSR count). The van der Waals surface area contributed by atoms with Crippen molar-refractivity contribution >= 4 is 6.03 Å². The molecule has 0 aliphatic rings. The summed E-state index contributed by atoms with van der Waals surface area (Å²) in [5, 5.41) is 2.59. The van der Waals surface area contributed by atoms with Crippen LogP contribution in [0, 0.1) is 13.8 Å². The third-order valence-electron chi connectivity index (χ3n) is 2.86. The lowest BCUT2D eigenvalue weighted by Gasteiger charge is -2.19. The van der Waals surface area contributed by atoms with E-state index >= 15 is 0 Å². The van der Waals surface area contributed by atoms with Crippen molar-refractivity contribution < 1.29 is 9.53 Å². The molecule has 0 unspecified atom stereocenters. The van der Waals surface area contributed by atoms with Crippen LogP contribution in [0.1, 0.15) is 16.7 Å². The molecule has 4 heteroatoms. The van der Waals surface area contributed by atoms with Crippen LogP contribution >= 0.6 is 0 Å². The van der Waals surface area contributed by atoms with Gasteiger partial charge in [-0.25, -0.2) is 4.79 Å². The number of hydrogen-bond acceptors (Lipinski definition) is 2. The van der Waals surface area contributed by atoms with Crippen molar-refractivity contribution in [1.29, 1.82) is 0 Å². The molecule has 0 bridgehead atoms. The fraction of sp³-hybridized carbons (Fsp3) is 0.462. The first kappa shape index (κ1) is 13.4. The van der Waals surface area contributed by atoms with Gasteiger partial charge in [-0.05, 0) is 31.0 Å². The lowest BCUT2D eigenvalue weighted by atomic mass is 10.0. The number of benzene rings is 1. The van der Waals surface area contributed by atoms with Crippen LogP contribution in [0.5, 0.6) is 5.75 Å². The number of hydrogen-bond donors (Lipinski definition) is 1. The maximum Gasteiger partial charge on any atom is 0.317 e. The molecule has 1 aromatic rings. The van der Waals surface area contributed by atoms with E-state index < -0.39 is 0 Å². The van der Waals surface area contributed by atoms with Crippen LogP contribution in [-0.2, 0) is 6.54 Å². The molecule has 1 aromatic carbocycles. The summed E-state index contributed by atoms with van der Waals surface area (Å²) in [6.07, 6.45) is 0. The number of rotatable bonds is 3. The molecule has 0 heterocycles. The van der Waals surface area contributed by atoms with Crippen LogP contribution in [-0.4, -0.2) is 32.1 Å². The highest BCUT2D eigenvalue weighted by molar-refractivity contribution is 5.73. The molecule has 0 aliphatic heterocycles. The summed E-state index contributed by atoms with van der Waals surface area (Å²) in [6, 6.07) is 3.96. The van der Waals surface area contributed by atoms with Gasteiger partial charge in [-0.2, -0.15) is 0 Å². The first-order valence-electron chi connectivity index (χ1n) is 5.56. The van der Waals surface area contributed by atoms with Gasteiger partial charge in [0.05, 0.1) is 13.7 Å². The fourth-order valence-corrected chi connectivity index (χ4v) is 1.68. The number of aryl methyl sites for hydroxylation is 2. The van der Waals surface area contributed by atoms with Crippen LogP contribution in [0.4, 0.5) is 4.79 Å². The predicted molar refractivity (Wildman–Crippen MR) is 68.4 cm³/mol. The SMILES string of the molecule is CNC(=O)N(C)Cc1cc(C)c(C)cc1OC. The molecule has 4 nitrogen and oxygen atoms in total. The van der Waals surface area contributed by atoms with Crippen molar-refractivity contribution in [3.05, 3.63) is 28.8 Å². The Bertz CT molecular complexity index is 416. The van der Waals surface area contributed by atoms with E-state index in [1.807, 2.05) is 13.0 Å². The summed E-state index contributed by atoms with van der Waals surface area (Å²) in [5.74, 6) is 0.823. The van der Waals surface area contributed by atoms with E-state index in [0.717, 1.165) is 11.3 Å². The van der Waals surface area contributed by atoms with Crippen molar-refractivity contribution in [3.8, 4) is 5.75 Å². The molecule has 0 saturated heterocycles. The van der Waals surface area contributed by atoms with E-state index in [-0.39, 0.29) is 6.03 Å². The Labute approximate surface area is 103 Å². The van der Waals surface area contributed by atoms with E-state index in [1.165, 1.54) is 11.1 Å². The van der Waals surface area contributed by atoms with E-state index in [0.29, 0.717) is 6.54 Å². The largest absolute Gasteiger partial charge is 0.496 e. The van der Waals surface area contributed by atoms with Gasteiger partial charge in [0, 0.05) is 19.7 Å². The molecule has 0 radical (unpaired) electrons. The van der Waals surface area contributed by atoms with Crippen molar-refractivity contribution in [2.45, 2.75) is 20.4 Å². The lowest BCUT2D eigenvalue weighted by Crippen LogP contribution is -2.34. The predicted octanol–water partition coefficient (Wildman–Crippen LogP) is 2.08. The average Bonchev–Trinajstić information content (AvgIpc) is 2.32. The van der Waals surface area contributed by atoms with Gasteiger partial charge >= 0.3 is 6.03 Å². The number of nitrogens with zero attached hydrogens (tertiary/aromatic N) is 1. The number of carbonyl (C=O) groups excluding carboxylic acids is 1. The molecule has 0 spiro atoms. The summed E-state index contributed by atoms with van der Waals surface area (Å²) in [6.45, 7) is 4.63. The second kappa shape index (κ2) is 5.57. The number of methoxy groups -OCH3 is 1. The monoisotopic (exact) mass is 236 g/mol. The van der Waals surface area contributed by atoms with Gasteiger partial charge < -0.3 is 15.0 Å². The Kier molecular flexibility index (Phi) is 4.37. The maximum atomic E-state index is 11.4. The van der Waals surface area contributed by atoms with Crippen molar-refractivity contribution in [3.63, 3.8) is 0 Å². The zero-order valence-electron chi connectivity index (χ0n) is 11.1. The highest BCUT2D eigenvalue weighted by Gasteiger charge is 2.11. The molecule has 17 heavy (non-hydrogen) atoms. The third kappa shape index (κ3) is 3.12. The van der Waals surface area contributed by atoms with Crippen LogP contribution in [0.15, 0.2) is 12.1 Å². The second-order valence-corrected chi connectivity index (χ2v) is 4.16. The van der Waals surface area contributed by atoms with Gasteiger partial charge in [0.1, 0.15) is 5.75 Å². The molecule has 0 fully saturated rings. The Morgan fingerprint density at radius 3 is 2.47 bits per heavy atom. The Morgan fingerprint density at radius 1 is 1.35 bits per heavy atom. The molecule has 94 valence electrons. The molecule has 0 aromatic heterocycles. The lowest BCUT2D eigenvalue weighted by molar-refractivity contribution is 0.208. The van der Waals surface area contributed by atoms with E-state index in [9.17, 15) is 4.79 Å². The summed E-state index contributed by atoms with van der Waals surface area (Å²) in [7, 11) is 5.03. The van der Waals surface area contributed by atoms with E-state index in [4.69, 9.17) is 4.74 Å². The van der Waals surface area contributed by atoms with Gasteiger partial charge in [-0.3, -0.25) is 0 Å². The van der Waals surface area contributed by atoms with Crippen molar-refractivity contribution in [2.24, 2.45) is 0 Å². The molecule has 2 amide bonds. The molecule has 0 atom stereocenters. The van der Waals surface area contributed by atoms with Crippen molar-refractivity contribution in [2.75, 3.05) is 21.2 Å². The zero-order chi connectivity index (χ0) is 13.0. The van der Waals surface area contributed by atoms with Gasteiger partial charge in [0.2, 0.25) is 0 Å². The Hall–Kier alpha value is -1.71. The summed E-state index contributed by atoms with van der Waals surface area (Å²) >= 11 is 0. The number of nitrogens with one attached hydrogen (secondary N) is 1. The van der Waals surface area contributed by atoms with Crippen LogP contribution < -0.4 is 10.1 Å². The minimum absolute atomic E-state index is 0.106. The number of carbonyl (C=O) groups is 1. The van der Waals surface area contributed by atoms with Crippen molar-refractivity contribution in [1.82, 2.24) is 10.2 Å². The summed E-state index contributed by atoms with van der Waals surface area (Å²) in [5.41, 5.74) is 3.40. The van der Waals surface area contributed by atoms with E-state index in [2.05, 4.69) is 18.3 Å². The number of urea groups is 1. The first-order valence-corrected chi connectivity index (χ1v) is 5.56. The normalized spacial score (nSPS) is 9.94. The number of ether oxygens (including phenoxy) is 1.